The van der Waals surface area contributed by atoms with Crippen LogP contribution >= 0.6 is 23.2 Å². The lowest BCUT2D eigenvalue weighted by molar-refractivity contribution is -0.274. The van der Waals surface area contributed by atoms with Crippen molar-refractivity contribution in [2.45, 2.75) is 12.8 Å². The Morgan fingerprint density at radius 2 is 1.79 bits per heavy atom. The van der Waals surface area contributed by atoms with E-state index >= 15 is 0 Å². The number of halogens is 5. The molecule has 0 bridgehead atoms. The maximum atomic E-state index is 12.7. The molecule has 0 aliphatic rings. The van der Waals surface area contributed by atoms with Gasteiger partial charge in [-0.1, -0.05) is 35.3 Å². The first kappa shape index (κ1) is 25.7. The van der Waals surface area contributed by atoms with Crippen molar-refractivity contribution in [2.75, 3.05) is 43.4 Å². The molecule has 182 valence electrons. The lowest BCUT2D eigenvalue weighted by Crippen LogP contribution is -2.18. The van der Waals surface area contributed by atoms with Crippen LogP contribution in [0.2, 0.25) is 10.0 Å². The van der Waals surface area contributed by atoms with Crippen molar-refractivity contribution in [3.8, 4) is 17.0 Å². The van der Waals surface area contributed by atoms with Crippen molar-refractivity contribution >= 4 is 40.7 Å². The van der Waals surface area contributed by atoms with Crippen LogP contribution in [0, 0.1) is 0 Å². The lowest BCUT2D eigenvalue weighted by atomic mass is 10.1. The molecule has 0 aliphatic carbocycles. The monoisotopic (exact) mass is 514 g/mol. The number of hydrogen-bond acceptors (Lipinski definition) is 7. The van der Waals surface area contributed by atoms with Crippen molar-refractivity contribution in [3.63, 3.8) is 0 Å². The van der Waals surface area contributed by atoms with Crippen molar-refractivity contribution in [1.82, 2.24) is 14.9 Å². The number of hydrogen-bond donors (Lipinski definition) is 3. The minimum absolute atomic E-state index is 0.310. The maximum Gasteiger partial charge on any atom is 0.573 e. The first-order valence-corrected chi connectivity index (χ1v) is 11.0. The molecule has 0 saturated heterocycles. The van der Waals surface area contributed by atoms with Gasteiger partial charge in [-0.05, 0) is 57.4 Å². The van der Waals surface area contributed by atoms with E-state index in [0.29, 0.717) is 45.3 Å². The van der Waals surface area contributed by atoms with Gasteiger partial charge in [0.25, 0.3) is 0 Å². The molecule has 3 rings (SSSR count). The molecule has 1 heterocycles. The average Bonchev–Trinajstić information content (AvgIpc) is 2.75. The van der Waals surface area contributed by atoms with Gasteiger partial charge in [-0.2, -0.15) is 4.98 Å². The Bertz CT molecular complexity index is 1110. The van der Waals surface area contributed by atoms with Crippen LogP contribution < -0.4 is 20.9 Å². The van der Waals surface area contributed by atoms with E-state index in [9.17, 15) is 13.2 Å². The molecule has 12 heteroatoms. The fourth-order valence-electron chi connectivity index (χ4n) is 2.91. The number of aromatic nitrogens is 2. The molecule has 3 aromatic rings. The van der Waals surface area contributed by atoms with Gasteiger partial charge in [0.05, 0.1) is 16.4 Å². The number of hydrazine groups is 1. The number of nitrogens with zero attached hydrogens (tertiary/aromatic N) is 3. The molecule has 7 nitrogen and oxygen atoms in total. The summed E-state index contributed by atoms with van der Waals surface area (Å²) in [6, 6.07) is 12.1. The van der Waals surface area contributed by atoms with Crippen LogP contribution in [0.3, 0.4) is 0 Å². The molecule has 0 atom stereocenters. The van der Waals surface area contributed by atoms with E-state index in [2.05, 4.69) is 35.8 Å². The predicted molar refractivity (Wildman–Crippen MR) is 130 cm³/mol. The molecule has 1 aromatic heterocycles. The largest absolute Gasteiger partial charge is 0.573 e. The third-order valence-electron chi connectivity index (χ3n) is 4.41. The van der Waals surface area contributed by atoms with Crippen LogP contribution in [0.15, 0.2) is 48.5 Å². The standard InChI is InChI=1S/C22H23Cl2F3N6O/c1-33(2)10-4-9-28-21-29-19(14-5-3-6-16(11-14)34-22(25,26)27)13-20(30-21)32-31-18-8-7-15(23)12-17(18)24/h3,5-8,11-13,31H,4,9-10H2,1-2H3,(H2,28,29,30,32). The second-order valence-electron chi connectivity index (χ2n) is 7.50. The van der Waals surface area contributed by atoms with Crippen LogP contribution in [0.1, 0.15) is 6.42 Å². The van der Waals surface area contributed by atoms with Crippen LogP contribution in [0.25, 0.3) is 11.3 Å². The van der Waals surface area contributed by atoms with Gasteiger partial charge in [-0.15, -0.1) is 13.2 Å². The number of ether oxygens (including phenoxy) is 1. The summed E-state index contributed by atoms with van der Waals surface area (Å²) >= 11 is 12.1. The Morgan fingerprint density at radius 1 is 1.00 bits per heavy atom. The highest BCUT2D eigenvalue weighted by Crippen LogP contribution is 2.29. The van der Waals surface area contributed by atoms with Crippen LogP contribution in [0.4, 0.5) is 30.6 Å². The molecule has 0 fully saturated rings. The van der Waals surface area contributed by atoms with Gasteiger partial charge in [-0.25, -0.2) is 4.98 Å². The maximum absolute atomic E-state index is 12.7. The van der Waals surface area contributed by atoms with E-state index in [0.717, 1.165) is 13.0 Å². The number of anilines is 3. The van der Waals surface area contributed by atoms with Gasteiger partial charge < -0.3 is 15.0 Å². The summed E-state index contributed by atoms with van der Waals surface area (Å²) in [6.45, 7) is 1.47. The zero-order valence-electron chi connectivity index (χ0n) is 18.4. The lowest BCUT2D eigenvalue weighted by Gasteiger charge is -2.15. The van der Waals surface area contributed by atoms with Gasteiger partial charge in [0.1, 0.15) is 5.75 Å². The number of rotatable bonds is 10. The molecule has 34 heavy (non-hydrogen) atoms. The zero-order valence-corrected chi connectivity index (χ0v) is 19.9. The zero-order chi connectivity index (χ0) is 24.7. The van der Waals surface area contributed by atoms with Crippen LogP contribution in [-0.4, -0.2) is 48.4 Å². The van der Waals surface area contributed by atoms with Gasteiger partial charge in [-0.3, -0.25) is 10.9 Å². The molecule has 0 unspecified atom stereocenters. The van der Waals surface area contributed by atoms with Gasteiger partial charge in [0.15, 0.2) is 5.82 Å². The van der Waals surface area contributed by atoms with Crippen LogP contribution in [0.5, 0.6) is 5.75 Å². The minimum atomic E-state index is -4.79. The highest BCUT2D eigenvalue weighted by Gasteiger charge is 2.31. The Hall–Kier alpha value is -2.95. The van der Waals surface area contributed by atoms with E-state index < -0.39 is 6.36 Å². The predicted octanol–water partition coefficient (Wildman–Crippen LogP) is 6.15. The highest BCUT2D eigenvalue weighted by atomic mass is 35.5. The minimum Gasteiger partial charge on any atom is -0.406 e. The highest BCUT2D eigenvalue weighted by molar-refractivity contribution is 6.36. The van der Waals surface area contributed by atoms with E-state index in [1.165, 1.54) is 18.2 Å². The summed E-state index contributed by atoms with van der Waals surface area (Å²) in [6.07, 6.45) is -3.95. The third-order valence-corrected chi connectivity index (χ3v) is 4.96. The first-order valence-electron chi connectivity index (χ1n) is 10.2. The molecular weight excluding hydrogens is 492 g/mol. The van der Waals surface area contributed by atoms with Crippen molar-refractivity contribution in [1.29, 1.82) is 0 Å². The molecule has 3 N–H and O–H groups in total. The second-order valence-corrected chi connectivity index (χ2v) is 8.34. The molecule has 0 aliphatic heterocycles. The third kappa shape index (κ3) is 8.12. The van der Waals surface area contributed by atoms with E-state index in [1.54, 1.807) is 30.3 Å². The van der Waals surface area contributed by atoms with Crippen molar-refractivity contribution in [3.05, 3.63) is 58.6 Å². The number of alkyl halides is 3. The summed E-state index contributed by atoms with van der Waals surface area (Å²) < 4.78 is 42.0. The van der Waals surface area contributed by atoms with E-state index in [-0.39, 0.29) is 5.75 Å². The molecular formula is C22H23Cl2F3N6O. The molecule has 0 radical (unpaired) electrons. The summed E-state index contributed by atoms with van der Waals surface area (Å²) in [5.74, 6) is 0.336. The first-order chi connectivity index (χ1) is 16.1. The average molecular weight is 515 g/mol. The summed E-state index contributed by atoms with van der Waals surface area (Å²) in [4.78, 5) is 10.9. The normalized spacial score (nSPS) is 11.4. The van der Waals surface area contributed by atoms with Crippen molar-refractivity contribution < 1.29 is 17.9 Å². The molecule has 2 aromatic carbocycles. The summed E-state index contributed by atoms with van der Waals surface area (Å²) in [5, 5.41) is 4.04. The topological polar surface area (TPSA) is 74.3 Å². The van der Waals surface area contributed by atoms with Gasteiger partial charge in [0.2, 0.25) is 5.95 Å². The molecule has 0 amide bonds. The van der Waals surface area contributed by atoms with Crippen LogP contribution in [-0.2, 0) is 0 Å². The van der Waals surface area contributed by atoms with E-state index in [1.807, 2.05) is 14.1 Å². The van der Waals surface area contributed by atoms with Gasteiger partial charge in [0, 0.05) is 23.2 Å². The Morgan fingerprint density at radius 3 is 2.50 bits per heavy atom. The number of benzene rings is 2. The van der Waals surface area contributed by atoms with E-state index in [4.69, 9.17) is 23.2 Å². The second kappa shape index (κ2) is 11.5. The summed E-state index contributed by atoms with van der Waals surface area (Å²) in [5.41, 5.74) is 7.27. The fourth-order valence-corrected chi connectivity index (χ4v) is 3.36. The Labute approximate surface area is 205 Å². The SMILES string of the molecule is CN(C)CCCNc1nc(NNc2ccc(Cl)cc2Cl)cc(-c2cccc(OC(F)(F)F)c2)n1. The smallest absolute Gasteiger partial charge is 0.406 e. The molecule has 0 spiro atoms. The quantitative estimate of drug-likeness (QED) is 0.221. The molecule has 0 saturated carbocycles. The number of nitrogens with one attached hydrogen (secondary N) is 3. The Kier molecular flexibility index (Phi) is 8.65. The summed E-state index contributed by atoms with van der Waals surface area (Å²) in [7, 11) is 3.95. The fraction of sp³-hybridized carbons (Fsp3) is 0.273. The Balaban J connectivity index is 1.85. The van der Waals surface area contributed by atoms with Gasteiger partial charge >= 0.3 is 6.36 Å². The van der Waals surface area contributed by atoms with Crippen molar-refractivity contribution in [2.24, 2.45) is 0 Å².